The summed E-state index contributed by atoms with van der Waals surface area (Å²) in [6.45, 7) is 0.695. The number of carbonyl (C=O) groups excluding carboxylic acids is 1. The Hall–Kier alpha value is -1.47. The van der Waals surface area contributed by atoms with E-state index in [-0.39, 0.29) is 17.5 Å². The normalized spacial score (nSPS) is 10.1. The van der Waals surface area contributed by atoms with Gasteiger partial charge < -0.3 is 10.2 Å². The van der Waals surface area contributed by atoms with E-state index in [9.17, 15) is 14.9 Å². The molecule has 0 saturated carbocycles. The van der Waals surface area contributed by atoms with Crippen LogP contribution in [0.15, 0.2) is 11.4 Å². The van der Waals surface area contributed by atoms with E-state index in [0.29, 0.717) is 6.54 Å². The summed E-state index contributed by atoms with van der Waals surface area (Å²) >= 11 is 1.09. The van der Waals surface area contributed by atoms with Crippen molar-refractivity contribution in [1.29, 1.82) is 0 Å². The quantitative estimate of drug-likeness (QED) is 0.614. The highest BCUT2D eigenvalue weighted by Gasteiger charge is 2.09. The molecule has 0 bridgehead atoms. The van der Waals surface area contributed by atoms with Gasteiger partial charge in [-0.2, -0.15) is 0 Å². The highest BCUT2D eigenvalue weighted by molar-refractivity contribution is 7.13. The zero-order valence-corrected chi connectivity index (χ0v) is 9.91. The summed E-state index contributed by atoms with van der Waals surface area (Å²) in [5.74, 6) is -0.0234. The minimum Gasteiger partial charge on any atom is -0.348 e. The fraction of sp³-hybridized carbons (Fsp3) is 0.444. The first-order valence-electron chi connectivity index (χ1n) is 4.63. The molecule has 0 radical (unpaired) electrons. The summed E-state index contributed by atoms with van der Waals surface area (Å²) < 4.78 is 0. The molecular weight excluding hydrogens is 230 g/mol. The van der Waals surface area contributed by atoms with Gasteiger partial charge in [-0.15, -0.1) is 0 Å². The molecule has 0 unspecified atom stereocenters. The summed E-state index contributed by atoms with van der Waals surface area (Å²) in [4.78, 5) is 22.7. The number of rotatable bonds is 5. The van der Waals surface area contributed by atoms with E-state index in [1.165, 1.54) is 11.0 Å². The molecule has 0 aliphatic rings. The second kappa shape index (κ2) is 5.57. The molecule has 1 heterocycles. The van der Waals surface area contributed by atoms with E-state index in [2.05, 4.69) is 5.32 Å². The second-order valence-electron chi connectivity index (χ2n) is 3.44. The Kier molecular flexibility index (Phi) is 4.39. The van der Waals surface area contributed by atoms with Crippen LogP contribution in [0, 0.1) is 10.1 Å². The predicted octanol–water partition coefficient (Wildman–Crippen LogP) is 0.834. The molecule has 0 atom stereocenters. The average molecular weight is 243 g/mol. The van der Waals surface area contributed by atoms with Crippen LogP contribution in [0.4, 0.5) is 5.00 Å². The van der Waals surface area contributed by atoms with Crippen LogP contribution < -0.4 is 5.32 Å². The standard InChI is InChI=1S/C9H13N3O3S/c1-11(2)8(13)5-10-4-7-3-9(12(14)15)16-6-7/h3,6,10H,4-5H2,1-2H3. The van der Waals surface area contributed by atoms with Gasteiger partial charge in [0.05, 0.1) is 11.5 Å². The molecule has 16 heavy (non-hydrogen) atoms. The fourth-order valence-electron chi connectivity index (χ4n) is 1.02. The lowest BCUT2D eigenvalue weighted by molar-refractivity contribution is -0.380. The molecule has 0 saturated heterocycles. The van der Waals surface area contributed by atoms with Gasteiger partial charge in [-0.05, 0) is 5.56 Å². The lowest BCUT2D eigenvalue weighted by atomic mass is 10.3. The van der Waals surface area contributed by atoms with Crippen LogP contribution >= 0.6 is 11.3 Å². The summed E-state index contributed by atoms with van der Waals surface area (Å²) in [6.07, 6.45) is 0. The molecule has 0 aliphatic carbocycles. The van der Waals surface area contributed by atoms with E-state index in [1.54, 1.807) is 19.5 Å². The topological polar surface area (TPSA) is 75.5 Å². The smallest absolute Gasteiger partial charge is 0.324 e. The summed E-state index contributed by atoms with van der Waals surface area (Å²) in [5.41, 5.74) is 0.822. The molecule has 0 spiro atoms. The minimum atomic E-state index is -0.418. The number of amides is 1. The molecular formula is C9H13N3O3S. The Morgan fingerprint density at radius 2 is 2.31 bits per heavy atom. The van der Waals surface area contributed by atoms with Gasteiger partial charge in [-0.25, -0.2) is 0 Å². The molecule has 6 nitrogen and oxygen atoms in total. The Bertz CT molecular complexity index is 389. The Labute approximate surface area is 97.0 Å². The number of nitro groups is 1. The van der Waals surface area contributed by atoms with E-state index in [4.69, 9.17) is 0 Å². The number of likely N-dealkylation sites (N-methyl/N-ethyl adjacent to an activating group) is 1. The van der Waals surface area contributed by atoms with Gasteiger partial charge in [0.25, 0.3) is 0 Å². The molecule has 1 aromatic heterocycles. The van der Waals surface area contributed by atoms with Gasteiger partial charge >= 0.3 is 5.00 Å². The molecule has 1 amide bonds. The molecule has 0 fully saturated rings. The maximum Gasteiger partial charge on any atom is 0.324 e. The van der Waals surface area contributed by atoms with Crippen molar-refractivity contribution in [3.63, 3.8) is 0 Å². The van der Waals surface area contributed by atoms with Gasteiger partial charge in [0.2, 0.25) is 5.91 Å². The van der Waals surface area contributed by atoms with Crippen LogP contribution in [0.1, 0.15) is 5.56 Å². The van der Waals surface area contributed by atoms with Crippen molar-refractivity contribution < 1.29 is 9.72 Å². The van der Waals surface area contributed by atoms with Crippen molar-refractivity contribution >= 4 is 22.2 Å². The summed E-state index contributed by atoms with van der Waals surface area (Å²) in [7, 11) is 3.36. The Balaban J connectivity index is 2.37. The lowest BCUT2D eigenvalue weighted by Crippen LogP contribution is -2.32. The number of hydrogen-bond acceptors (Lipinski definition) is 5. The SMILES string of the molecule is CN(C)C(=O)CNCc1csc([N+](=O)[O-])c1. The van der Waals surface area contributed by atoms with Crippen molar-refractivity contribution in [1.82, 2.24) is 10.2 Å². The Morgan fingerprint density at radius 1 is 1.62 bits per heavy atom. The summed E-state index contributed by atoms with van der Waals surface area (Å²) in [6, 6.07) is 1.51. The number of nitrogens with one attached hydrogen (secondary N) is 1. The third kappa shape index (κ3) is 3.59. The van der Waals surface area contributed by atoms with Crippen LogP contribution in [-0.4, -0.2) is 36.4 Å². The van der Waals surface area contributed by atoms with Crippen LogP contribution in [0.5, 0.6) is 0 Å². The highest BCUT2D eigenvalue weighted by Crippen LogP contribution is 2.22. The minimum absolute atomic E-state index is 0.0234. The Morgan fingerprint density at radius 3 is 2.81 bits per heavy atom. The second-order valence-corrected chi connectivity index (χ2v) is 4.33. The van der Waals surface area contributed by atoms with E-state index < -0.39 is 4.92 Å². The monoisotopic (exact) mass is 243 g/mol. The first-order valence-corrected chi connectivity index (χ1v) is 5.51. The third-order valence-electron chi connectivity index (χ3n) is 1.92. The summed E-state index contributed by atoms with van der Waals surface area (Å²) in [5, 5.41) is 15.2. The van der Waals surface area contributed by atoms with E-state index in [0.717, 1.165) is 16.9 Å². The van der Waals surface area contributed by atoms with Gasteiger partial charge in [-0.1, -0.05) is 11.3 Å². The predicted molar refractivity (Wildman–Crippen MR) is 61.4 cm³/mol. The molecule has 88 valence electrons. The first-order chi connectivity index (χ1) is 7.50. The zero-order valence-electron chi connectivity index (χ0n) is 9.10. The van der Waals surface area contributed by atoms with Gasteiger partial charge in [0.15, 0.2) is 0 Å². The maximum absolute atomic E-state index is 11.2. The third-order valence-corrected chi connectivity index (χ3v) is 2.85. The van der Waals surface area contributed by atoms with Crippen LogP contribution in [0.25, 0.3) is 0 Å². The zero-order chi connectivity index (χ0) is 12.1. The van der Waals surface area contributed by atoms with E-state index in [1.807, 2.05) is 0 Å². The van der Waals surface area contributed by atoms with Crippen molar-refractivity contribution in [2.45, 2.75) is 6.54 Å². The van der Waals surface area contributed by atoms with Crippen molar-refractivity contribution in [3.05, 3.63) is 27.1 Å². The average Bonchev–Trinajstić information content (AvgIpc) is 2.66. The fourth-order valence-corrected chi connectivity index (χ4v) is 1.75. The first kappa shape index (κ1) is 12.6. The molecule has 1 N–H and O–H groups in total. The number of thiophene rings is 1. The van der Waals surface area contributed by atoms with Crippen molar-refractivity contribution in [2.75, 3.05) is 20.6 Å². The number of carbonyl (C=O) groups is 1. The number of hydrogen-bond donors (Lipinski definition) is 1. The maximum atomic E-state index is 11.2. The van der Waals surface area contributed by atoms with Crippen LogP contribution in [0.3, 0.4) is 0 Å². The largest absolute Gasteiger partial charge is 0.348 e. The molecule has 1 aromatic rings. The van der Waals surface area contributed by atoms with Gasteiger partial charge in [0.1, 0.15) is 0 Å². The van der Waals surface area contributed by atoms with Gasteiger partial charge in [0, 0.05) is 32.1 Å². The van der Waals surface area contributed by atoms with E-state index >= 15 is 0 Å². The number of nitrogens with zero attached hydrogens (tertiary/aromatic N) is 2. The molecule has 7 heteroatoms. The van der Waals surface area contributed by atoms with Crippen LogP contribution in [0.2, 0.25) is 0 Å². The van der Waals surface area contributed by atoms with Gasteiger partial charge in [-0.3, -0.25) is 14.9 Å². The van der Waals surface area contributed by atoms with Crippen LogP contribution in [-0.2, 0) is 11.3 Å². The van der Waals surface area contributed by atoms with Crippen molar-refractivity contribution in [2.24, 2.45) is 0 Å². The van der Waals surface area contributed by atoms with Crippen molar-refractivity contribution in [3.8, 4) is 0 Å². The lowest BCUT2D eigenvalue weighted by Gasteiger charge is -2.10. The molecule has 0 aromatic carbocycles. The molecule has 0 aliphatic heterocycles. The molecule has 1 rings (SSSR count). The highest BCUT2D eigenvalue weighted by atomic mass is 32.1.